The monoisotopic (exact) mass is 460 g/mol. The maximum absolute atomic E-state index is 12.4. The lowest BCUT2D eigenvalue weighted by molar-refractivity contribution is -0.121. The molecule has 4 aromatic rings. The van der Waals surface area contributed by atoms with E-state index in [9.17, 15) is 4.79 Å². The van der Waals surface area contributed by atoms with Gasteiger partial charge in [0.05, 0.1) is 28.8 Å². The second kappa shape index (κ2) is 9.09. The van der Waals surface area contributed by atoms with Crippen LogP contribution in [-0.2, 0) is 17.9 Å². The molecule has 0 saturated heterocycles. The molecule has 9 nitrogen and oxygen atoms in total. The number of carbonyl (C=O) groups is 1. The van der Waals surface area contributed by atoms with Gasteiger partial charge < -0.3 is 30.8 Å². The number of hydrogen-bond donors (Lipinski definition) is 3. The quantitative estimate of drug-likeness (QED) is 0.365. The van der Waals surface area contributed by atoms with Gasteiger partial charge in [-0.15, -0.1) is 0 Å². The molecule has 0 unspecified atom stereocenters. The molecule has 5 N–H and O–H groups in total. The van der Waals surface area contributed by atoms with E-state index in [1.165, 1.54) is 0 Å². The van der Waals surface area contributed by atoms with E-state index in [1.54, 1.807) is 0 Å². The number of amides is 1. The highest BCUT2D eigenvalue weighted by molar-refractivity contribution is 5.93. The van der Waals surface area contributed by atoms with Gasteiger partial charge in [0.25, 0.3) is 0 Å². The number of rotatable bonds is 7. The number of nitrogens with zero attached hydrogens (tertiary/aromatic N) is 5. The largest absolute Gasteiger partial charge is 0.369 e. The first-order chi connectivity index (χ1) is 16.1. The van der Waals surface area contributed by atoms with Crippen molar-refractivity contribution in [2.24, 2.45) is 0 Å². The summed E-state index contributed by atoms with van der Waals surface area (Å²) in [6.07, 6.45) is 4.08. The molecule has 0 fully saturated rings. The van der Waals surface area contributed by atoms with Gasteiger partial charge in [-0.2, -0.15) is 0 Å². The Morgan fingerprint density at radius 2 is 1.59 bits per heavy atom. The van der Waals surface area contributed by atoms with E-state index in [0.29, 0.717) is 25.0 Å². The number of anilines is 3. The van der Waals surface area contributed by atoms with Crippen LogP contribution in [0.3, 0.4) is 0 Å². The summed E-state index contributed by atoms with van der Waals surface area (Å²) < 4.78 is 3.92. The maximum atomic E-state index is 12.4. The first-order valence-corrected chi connectivity index (χ1v) is 11.3. The number of para-hydroxylation sites is 3. The number of hydrogen-bond acceptors (Lipinski definition) is 6. The topological polar surface area (TPSA) is 120 Å². The normalized spacial score (nSPS) is 12.1. The van der Waals surface area contributed by atoms with Crippen LogP contribution < -0.4 is 21.7 Å². The zero-order valence-corrected chi connectivity index (χ0v) is 20.1. The molecule has 0 bridgehead atoms. The molecule has 0 spiro atoms. The number of carbonyl (C=O) groups excluding carboxylic acids is 1. The van der Waals surface area contributed by atoms with E-state index in [-0.39, 0.29) is 18.0 Å². The Morgan fingerprint density at radius 3 is 2.29 bits per heavy atom. The zero-order chi connectivity index (χ0) is 24.5. The number of nitrogen functional groups attached to an aromatic ring is 2. The molecule has 2 aromatic heterocycles. The molecular weight excluding hydrogens is 428 g/mol. The molecule has 34 heavy (non-hydrogen) atoms. The van der Waals surface area contributed by atoms with Crippen molar-refractivity contribution < 1.29 is 4.79 Å². The predicted octanol–water partition coefficient (Wildman–Crippen LogP) is 3.16. The second-order valence-electron chi connectivity index (χ2n) is 9.42. The van der Waals surface area contributed by atoms with Crippen LogP contribution in [0.2, 0.25) is 0 Å². The summed E-state index contributed by atoms with van der Waals surface area (Å²) >= 11 is 0. The number of aromatic nitrogens is 4. The summed E-state index contributed by atoms with van der Waals surface area (Å²) in [5.41, 5.74) is 16.5. The third-order valence-corrected chi connectivity index (χ3v) is 5.52. The average Bonchev–Trinajstić information content (AvgIpc) is 3.25. The van der Waals surface area contributed by atoms with Crippen molar-refractivity contribution in [2.75, 3.05) is 30.0 Å². The SMILES string of the molecule is CN(CC(=O)NC(C)(C)C)c1cccc2c1nc(N)n2C/C=C/Cn1c(N)nc2ccccc21. The van der Waals surface area contributed by atoms with Crippen LogP contribution >= 0.6 is 0 Å². The van der Waals surface area contributed by atoms with Crippen molar-refractivity contribution in [3.05, 3.63) is 54.6 Å². The van der Waals surface area contributed by atoms with Crippen LogP contribution in [0, 0.1) is 0 Å². The fraction of sp³-hybridized carbons (Fsp3) is 0.320. The number of nitrogens with one attached hydrogen (secondary N) is 1. The molecule has 0 aliphatic heterocycles. The molecule has 2 aromatic carbocycles. The molecule has 0 aliphatic carbocycles. The number of likely N-dealkylation sites (N-methyl/N-ethyl adjacent to an activating group) is 1. The van der Waals surface area contributed by atoms with Crippen LogP contribution in [0.4, 0.5) is 17.6 Å². The van der Waals surface area contributed by atoms with Crippen molar-refractivity contribution in [1.82, 2.24) is 24.4 Å². The third-order valence-electron chi connectivity index (χ3n) is 5.52. The Hall–Kier alpha value is -4.01. The standard InChI is InChI=1S/C25H32N8O/c1-25(2,3)30-21(34)16-31(4)19-12-9-13-20-22(19)29-24(27)33(20)15-8-7-14-32-18-11-6-5-10-17(18)28-23(32)26/h5-13H,14-16H2,1-4H3,(H2,26,28)(H2,27,29)(H,30,34)/b8-7+. The number of nitrogens with two attached hydrogens (primary N) is 2. The van der Waals surface area contributed by atoms with Gasteiger partial charge in [-0.25, -0.2) is 9.97 Å². The van der Waals surface area contributed by atoms with Gasteiger partial charge in [0, 0.05) is 25.7 Å². The average molecular weight is 461 g/mol. The Balaban J connectivity index is 1.51. The van der Waals surface area contributed by atoms with Gasteiger partial charge in [0.1, 0.15) is 5.52 Å². The molecule has 4 rings (SSSR count). The summed E-state index contributed by atoms with van der Waals surface area (Å²) in [5.74, 6) is 0.863. The van der Waals surface area contributed by atoms with Crippen LogP contribution in [0.25, 0.3) is 22.1 Å². The number of fused-ring (bicyclic) bond motifs is 2. The van der Waals surface area contributed by atoms with Gasteiger partial charge in [-0.05, 0) is 45.0 Å². The summed E-state index contributed by atoms with van der Waals surface area (Å²) in [6, 6.07) is 13.8. The fourth-order valence-electron chi connectivity index (χ4n) is 4.05. The van der Waals surface area contributed by atoms with Crippen molar-refractivity contribution >= 4 is 45.6 Å². The number of imidazole rings is 2. The van der Waals surface area contributed by atoms with Crippen molar-refractivity contribution in [3.63, 3.8) is 0 Å². The lowest BCUT2D eigenvalue weighted by atomic mass is 10.1. The fourth-order valence-corrected chi connectivity index (χ4v) is 4.05. The molecule has 1 amide bonds. The van der Waals surface area contributed by atoms with Crippen LogP contribution in [0.15, 0.2) is 54.6 Å². The summed E-state index contributed by atoms with van der Waals surface area (Å²) in [6.45, 7) is 7.28. The van der Waals surface area contributed by atoms with Crippen LogP contribution in [-0.4, -0.2) is 44.1 Å². The lowest BCUT2D eigenvalue weighted by Crippen LogP contribution is -2.45. The summed E-state index contributed by atoms with van der Waals surface area (Å²) in [4.78, 5) is 23.3. The third kappa shape index (κ3) is 4.83. The van der Waals surface area contributed by atoms with Gasteiger partial charge in [0.2, 0.25) is 17.8 Å². The molecule has 9 heteroatoms. The van der Waals surface area contributed by atoms with Gasteiger partial charge in [-0.3, -0.25) is 4.79 Å². The van der Waals surface area contributed by atoms with E-state index >= 15 is 0 Å². The molecule has 178 valence electrons. The molecule has 0 atom stereocenters. The van der Waals surface area contributed by atoms with Crippen LogP contribution in [0.1, 0.15) is 20.8 Å². The Kier molecular flexibility index (Phi) is 6.19. The number of benzene rings is 2. The van der Waals surface area contributed by atoms with Gasteiger partial charge in [0.15, 0.2) is 0 Å². The van der Waals surface area contributed by atoms with E-state index < -0.39 is 0 Å². The molecule has 0 saturated carbocycles. The predicted molar refractivity (Wildman–Crippen MR) is 139 cm³/mol. The van der Waals surface area contributed by atoms with Gasteiger partial charge >= 0.3 is 0 Å². The first kappa shape index (κ1) is 23.2. The zero-order valence-electron chi connectivity index (χ0n) is 20.1. The molecule has 0 radical (unpaired) electrons. The number of allylic oxidation sites excluding steroid dienone is 2. The lowest BCUT2D eigenvalue weighted by Gasteiger charge is -2.24. The van der Waals surface area contributed by atoms with Crippen molar-refractivity contribution in [3.8, 4) is 0 Å². The van der Waals surface area contributed by atoms with Crippen LogP contribution in [0.5, 0.6) is 0 Å². The highest BCUT2D eigenvalue weighted by Gasteiger charge is 2.18. The minimum Gasteiger partial charge on any atom is -0.369 e. The van der Waals surface area contributed by atoms with Gasteiger partial charge in [-0.1, -0.05) is 30.4 Å². The Morgan fingerprint density at radius 1 is 0.971 bits per heavy atom. The van der Waals surface area contributed by atoms with E-state index in [4.69, 9.17) is 11.5 Å². The highest BCUT2D eigenvalue weighted by Crippen LogP contribution is 2.27. The first-order valence-electron chi connectivity index (χ1n) is 11.3. The molecule has 2 heterocycles. The van der Waals surface area contributed by atoms with Crippen molar-refractivity contribution in [1.29, 1.82) is 0 Å². The summed E-state index contributed by atoms with van der Waals surface area (Å²) in [5, 5.41) is 2.99. The second-order valence-corrected chi connectivity index (χ2v) is 9.42. The maximum Gasteiger partial charge on any atom is 0.239 e. The Labute approximate surface area is 199 Å². The minimum atomic E-state index is -0.282. The molecule has 0 aliphatic rings. The highest BCUT2D eigenvalue weighted by atomic mass is 16.2. The van der Waals surface area contributed by atoms with Crippen molar-refractivity contribution in [2.45, 2.75) is 39.4 Å². The van der Waals surface area contributed by atoms with E-state index in [1.807, 2.05) is 96.5 Å². The smallest absolute Gasteiger partial charge is 0.239 e. The van der Waals surface area contributed by atoms with E-state index in [0.717, 1.165) is 27.8 Å². The molecular formula is C25H32N8O. The summed E-state index contributed by atoms with van der Waals surface area (Å²) in [7, 11) is 1.88. The van der Waals surface area contributed by atoms with E-state index in [2.05, 4.69) is 15.3 Å². The minimum absolute atomic E-state index is 0.0476. The Bertz CT molecular complexity index is 1360.